The van der Waals surface area contributed by atoms with Crippen LogP contribution in [0.2, 0.25) is 0 Å². The van der Waals surface area contributed by atoms with E-state index >= 15 is 0 Å². The van der Waals surface area contributed by atoms with Crippen molar-refractivity contribution in [2.75, 3.05) is 13.7 Å². The first-order valence-electron chi connectivity index (χ1n) is 7.06. The van der Waals surface area contributed by atoms with E-state index in [1.165, 1.54) is 19.4 Å². The van der Waals surface area contributed by atoms with E-state index in [1.807, 2.05) is 6.07 Å². The van der Waals surface area contributed by atoms with Crippen LogP contribution in [0.3, 0.4) is 0 Å². The highest BCUT2D eigenvalue weighted by molar-refractivity contribution is 5.94. The number of nitriles is 1. The maximum absolute atomic E-state index is 12.1. The van der Waals surface area contributed by atoms with Gasteiger partial charge in [0.05, 0.1) is 18.1 Å². The second-order valence-electron chi connectivity index (χ2n) is 5.43. The Morgan fingerprint density at radius 3 is 2.71 bits per heavy atom. The number of aromatic amines is 1. The molecule has 112 valence electrons. The second kappa shape index (κ2) is 6.44. The molecule has 0 spiro atoms. The van der Waals surface area contributed by atoms with Crippen LogP contribution in [0, 0.1) is 16.7 Å². The van der Waals surface area contributed by atoms with Gasteiger partial charge in [-0.25, -0.2) is 0 Å². The van der Waals surface area contributed by atoms with E-state index in [2.05, 4.69) is 10.3 Å². The van der Waals surface area contributed by atoms with Crippen molar-refractivity contribution in [2.24, 2.45) is 5.41 Å². The highest BCUT2D eigenvalue weighted by Gasteiger charge is 2.40. The Labute approximate surface area is 123 Å². The molecule has 0 aliphatic heterocycles. The van der Waals surface area contributed by atoms with E-state index in [0.29, 0.717) is 11.3 Å². The summed E-state index contributed by atoms with van der Waals surface area (Å²) in [7, 11) is 1.38. The second-order valence-corrected chi connectivity index (χ2v) is 5.43. The van der Waals surface area contributed by atoms with Gasteiger partial charge in [0.25, 0.3) is 5.91 Å². The van der Waals surface area contributed by atoms with E-state index in [4.69, 9.17) is 10.00 Å². The first kappa shape index (κ1) is 15.1. The number of hydrogen-bond acceptors (Lipinski definition) is 4. The molecule has 1 aliphatic carbocycles. The molecule has 1 fully saturated rings. The predicted molar refractivity (Wildman–Crippen MR) is 75.4 cm³/mol. The van der Waals surface area contributed by atoms with Gasteiger partial charge >= 0.3 is 5.97 Å². The molecule has 1 saturated carbocycles. The van der Waals surface area contributed by atoms with Crippen molar-refractivity contribution in [1.29, 1.82) is 5.26 Å². The number of ether oxygens (including phenoxy) is 1. The van der Waals surface area contributed by atoms with Crippen LogP contribution in [0.15, 0.2) is 12.3 Å². The lowest BCUT2D eigenvalue weighted by Gasteiger charge is -2.34. The van der Waals surface area contributed by atoms with Crippen molar-refractivity contribution < 1.29 is 14.3 Å². The largest absolute Gasteiger partial charge is 0.469 e. The fraction of sp³-hybridized carbons (Fsp3) is 0.533. The highest BCUT2D eigenvalue weighted by atomic mass is 16.5. The summed E-state index contributed by atoms with van der Waals surface area (Å²) in [6.07, 6.45) is 5.99. The normalized spacial score (nSPS) is 16.8. The molecule has 1 aromatic heterocycles. The van der Waals surface area contributed by atoms with E-state index in [1.54, 1.807) is 0 Å². The lowest BCUT2D eigenvalue weighted by molar-refractivity contribution is -0.154. The fourth-order valence-electron chi connectivity index (χ4n) is 2.84. The molecule has 0 radical (unpaired) electrons. The van der Waals surface area contributed by atoms with Gasteiger partial charge in [-0.2, -0.15) is 5.26 Å². The number of carbonyl (C=O) groups excluding carboxylic acids is 2. The Balaban J connectivity index is 2.03. The van der Waals surface area contributed by atoms with Crippen LogP contribution in [0.5, 0.6) is 0 Å². The van der Waals surface area contributed by atoms with Crippen LogP contribution >= 0.6 is 0 Å². The van der Waals surface area contributed by atoms with Gasteiger partial charge in [0.1, 0.15) is 11.8 Å². The topological polar surface area (TPSA) is 95.0 Å². The molecule has 21 heavy (non-hydrogen) atoms. The summed E-state index contributed by atoms with van der Waals surface area (Å²) < 4.78 is 4.91. The Morgan fingerprint density at radius 2 is 2.14 bits per heavy atom. The lowest BCUT2D eigenvalue weighted by atomic mass is 9.74. The van der Waals surface area contributed by atoms with Gasteiger partial charge < -0.3 is 15.0 Å². The minimum Gasteiger partial charge on any atom is -0.469 e. The maximum atomic E-state index is 12.1. The number of carbonyl (C=O) groups is 2. The number of nitrogens with one attached hydrogen (secondary N) is 2. The minimum atomic E-state index is -0.614. The zero-order valence-corrected chi connectivity index (χ0v) is 12.1. The Kier molecular flexibility index (Phi) is 4.63. The van der Waals surface area contributed by atoms with Crippen LogP contribution in [-0.2, 0) is 9.53 Å². The van der Waals surface area contributed by atoms with Crippen molar-refractivity contribution in [2.45, 2.75) is 32.1 Å². The molecule has 6 heteroatoms. The smallest absolute Gasteiger partial charge is 0.313 e. The van der Waals surface area contributed by atoms with E-state index in [9.17, 15) is 9.59 Å². The standard InChI is InChI=1S/C15H19N3O3/c1-21-14(20)15(5-3-2-4-6-15)10-18-13(19)11-7-12(8-16)17-9-11/h7,9,17H,2-6,10H2,1H3,(H,18,19). The molecule has 1 aliphatic rings. The number of hydrogen-bond donors (Lipinski definition) is 2. The van der Waals surface area contributed by atoms with Crippen molar-refractivity contribution in [1.82, 2.24) is 10.3 Å². The van der Waals surface area contributed by atoms with Gasteiger partial charge in [0.2, 0.25) is 0 Å². The third-order valence-corrected chi connectivity index (χ3v) is 4.08. The van der Waals surface area contributed by atoms with Crippen molar-refractivity contribution >= 4 is 11.9 Å². The molecule has 0 bridgehead atoms. The van der Waals surface area contributed by atoms with E-state index in [0.717, 1.165) is 32.1 Å². The first-order chi connectivity index (χ1) is 10.1. The summed E-state index contributed by atoms with van der Waals surface area (Å²) in [6, 6.07) is 3.42. The Hall–Kier alpha value is -2.29. The molecule has 2 N–H and O–H groups in total. The molecule has 1 aromatic rings. The van der Waals surface area contributed by atoms with Gasteiger partial charge in [0.15, 0.2) is 0 Å². The van der Waals surface area contributed by atoms with Crippen LogP contribution in [-0.4, -0.2) is 30.5 Å². The monoisotopic (exact) mass is 289 g/mol. The summed E-state index contributed by atoms with van der Waals surface area (Å²) in [5.41, 5.74) is 0.111. The fourth-order valence-corrected chi connectivity index (χ4v) is 2.84. The number of methoxy groups -OCH3 is 1. The summed E-state index contributed by atoms with van der Waals surface area (Å²) in [6.45, 7) is 0.269. The number of H-pyrrole nitrogens is 1. The Bertz CT molecular complexity index is 565. The predicted octanol–water partition coefficient (Wildman–Crippen LogP) is 1.74. The summed E-state index contributed by atoms with van der Waals surface area (Å²) >= 11 is 0. The molecule has 6 nitrogen and oxygen atoms in total. The zero-order valence-electron chi connectivity index (χ0n) is 12.1. The van der Waals surface area contributed by atoms with E-state index < -0.39 is 5.41 Å². The highest BCUT2D eigenvalue weighted by Crippen LogP contribution is 2.36. The Morgan fingerprint density at radius 1 is 1.43 bits per heavy atom. The number of rotatable bonds is 4. The van der Waals surface area contributed by atoms with Gasteiger partial charge in [-0.15, -0.1) is 0 Å². The first-order valence-corrected chi connectivity index (χ1v) is 7.06. The zero-order chi connectivity index (χ0) is 15.3. The summed E-state index contributed by atoms with van der Waals surface area (Å²) in [4.78, 5) is 26.8. The molecule has 1 heterocycles. The third-order valence-electron chi connectivity index (χ3n) is 4.08. The van der Waals surface area contributed by atoms with Crippen molar-refractivity contribution in [3.05, 3.63) is 23.5 Å². The molecule has 0 saturated heterocycles. The molecule has 1 amide bonds. The van der Waals surface area contributed by atoms with Crippen LogP contribution in [0.25, 0.3) is 0 Å². The number of amides is 1. The van der Waals surface area contributed by atoms with Gasteiger partial charge in [0, 0.05) is 12.7 Å². The van der Waals surface area contributed by atoms with Gasteiger partial charge in [-0.1, -0.05) is 19.3 Å². The molecule has 2 rings (SSSR count). The molecule has 0 unspecified atom stereocenters. The van der Waals surface area contributed by atoms with Gasteiger partial charge in [-0.3, -0.25) is 9.59 Å². The van der Waals surface area contributed by atoms with Crippen molar-refractivity contribution in [3.63, 3.8) is 0 Å². The number of aromatic nitrogens is 1. The third kappa shape index (κ3) is 3.24. The molecular weight excluding hydrogens is 270 g/mol. The molecule has 0 atom stereocenters. The quantitative estimate of drug-likeness (QED) is 0.825. The van der Waals surface area contributed by atoms with Crippen LogP contribution < -0.4 is 5.32 Å². The average Bonchev–Trinajstić information content (AvgIpc) is 3.01. The summed E-state index contributed by atoms with van der Waals surface area (Å²) in [5, 5.41) is 11.5. The van der Waals surface area contributed by atoms with E-state index in [-0.39, 0.29) is 18.4 Å². The SMILES string of the molecule is COC(=O)C1(CNC(=O)c2c[nH]c(C#N)c2)CCCCC1. The number of esters is 1. The number of nitrogens with zero attached hydrogens (tertiary/aromatic N) is 1. The van der Waals surface area contributed by atoms with Crippen LogP contribution in [0.1, 0.15) is 48.2 Å². The average molecular weight is 289 g/mol. The van der Waals surface area contributed by atoms with Crippen molar-refractivity contribution in [3.8, 4) is 6.07 Å². The minimum absolute atomic E-state index is 0.255. The summed E-state index contributed by atoms with van der Waals surface area (Å²) in [5.74, 6) is -0.545. The van der Waals surface area contributed by atoms with Crippen LogP contribution in [0.4, 0.5) is 0 Å². The molecular formula is C15H19N3O3. The van der Waals surface area contributed by atoms with Gasteiger partial charge in [-0.05, 0) is 18.9 Å². The maximum Gasteiger partial charge on any atom is 0.313 e. The lowest BCUT2D eigenvalue weighted by Crippen LogP contribution is -2.45. The molecule has 0 aromatic carbocycles.